The molecule has 9 heteroatoms. The third kappa shape index (κ3) is 4.19. The second-order valence-electron chi connectivity index (χ2n) is 9.14. The third-order valence-electron chi connectivity index (χ3n) is 6.87. The molecule has 1 fully saturated rings. The van der Waals surface area contributed by atoms with Gasteiger partial charge in [0, 0.05) is 37.0 Å². The van der Waals surface area contributed by atoms with Gasteiger partial charge in [0.1, 0.15) is 6.04 Å². The lowest BCUT2D eigenvalue weighted by atomic mass is 10.1. The number of rotatable bonds is 5. The first-order valence-electron chi connectivity index (χ1n) is 11.9. The number of carbonyl (C=O) groups excluding carboxylic acids is 1. The fourth-order valence-electron chi connectivity index (χ4n) is 4.86. The van der Waals surface area contributed by atoms with Crippen LogP contribution in [0.25, 0.3) is 11.3 Å². The van der Waals surface area contributed by atoms with Crippen molar-refractivity contribution < 1.29 is 13.2 Å². The maximum absolute atomic E-state index is 13.3. The molecule has 0 unspecified atom stereocenters. The van der Waals surface area contributed by atoms with Crippen molar-refractivity contribution in [2.75, 3.05) is 24.5 Å². The number of aromatic nitrogens is 2. The molecule has 182 valence electrons. The molecule has 8 nitrogen and oxygen atoms in total. The molecule has 0 saturated carbocycles. The summed E-state index contributed by atoms with van der Waals surface area (Å²) >= 11 is 0. The molecule has 3 heterocycles. The zero-order valence-electron chi connectivity index (χ0n) is 19.8. The maximum atomic E-state index is 13.3. The van der Waals surface area contributed by atoms with E-state index in [-0.39, 0.29) is 16.4 Å². The highest BCUT2D eigenvalue weighted by Gasteiger charge is 2.31. The van der Waals surface area contributed by atoms with Crippen molar-refractivity contribution in [1.82, 2.24) is 14.1 Å². The highest BCUT2D eigenvalue weighted by Crippen LogP contribution is 2.30. The van der Waals surface area contributed by atoms with E-state index in [9.17, 15) is 18.0 Å². The summed E-state index contributed by atoms with van der Waals surface area (Å²) in [6.45, 7) is 5.05. The van der Waals surface area contributed by atoms with E-state index >= 15 is 0 Å². The van der Waals surface area contributed by atoms with Crippen LogP contribution in [-0.2, 0) is 21.2 Å². The summed E-state index contributed by atoms with van der Waals surface area (Å²) in [7, 11) is -3.61. The van der Waals surface area contributed by atoms with Crippen LogP contribution < -0.4 is 10.5 Å². The van der Waals surface area contributed by atoms with Gasteiger partial charge in [-0.2, -0.15) is 9.40 Å². The summed E-state index contributed by atoms with van der Waals surface area (Å²) < 4.78 is 29.1. The zero-order valence-corrected chi connectivity index (χ0v) is 20.7. The molecule has 3 aromatic rings. The molecule has 2 aliphatic rings. The molecule has 0 N–H and O–H groups in total. The Morgan fingerprint density at radius 1 is 1.00 bits per heavy atom. The smallest absolute Gasteiger partial charge is 0.267 e. The van der Waals surface area contributed by atoms with Crippen LogP contribution in [0.4, 0.5) is 5.69 Å². The molecule has 0 aliphatic carbocycles. The van der Waals surface area contributed by atoms with Gasteiger partial charge in [-0.3, -0.25) is 9.59 Å². The Labute approximate surface area is 204 Å². The number of amides is 1. The van der Waals surface area contributed by atoms with Crippen LogP contribution in [-0.4, -0.2) is 48.0 Å². The molecule has 0 spiro atoms. The van der Waals surface area contributed by atoms with E-state index in [1.165, 1.54) is 15.1 Å². The Bertz CT molecular complexity index is 1460. The minimum atomic E-state index is -3.61. The van der Waals surface area contributed by atoms with Crippen molar-refractivity contribution in [2.24, 2.45) is 0 Å². The fraction of sp³-hybridized carbons (Fsp3) is 0.346. The van der Waals surface area contributed by atoms with Gasteiger partial charge < -0.3 is 4.90 Å². The Kier molecular flexibility index (Phi) is 6.06. The second-order valence-corrected chi connectivity index (χ2v) is 11.0. The predicted molar refractivity (Wildman–Crippen MR) is 134 cm³/mol. The summed E-state index contributed by atoms with van der Waals surface area (Å²) in [6.07, 6.45) is 2.49. The molecular formula is C26H28N4O4S. The van der Waals surface area contributed by atoms with Crippen molar-refractivity contribution in [3.8, 4) is 11.3 Å². The van der Waals surface area contributed by atoms with Crippen LogP contribution in [0, 0.1) is 6.92 Å². The number of fused-ring (bicyclic) bond motifs is 1. The molecule has 1 atom stereocenters. The fourth-order valence-corrected chi connectivity index (χ4v) is 6.63. The normalized spacial score (nSPS) is 16.9. The minimum Gasteiger partial charge on any atom is -0.310 e. The molecule has 0 radical (unpaired) electrons. The molecule has 1 saturated heterocycles. The van der Waals surface area contributed by atoms with Crippen LogP contribution in [0.1, 0.15) is 36.9 Å². The Morgan fingerprint density at radius 2 is 1.74 bits per heavy atom. The number of hydrogen-bond donors (Lipinski definition) is 0. The van der Waals surface area contributed by atoms with Crippen molar-refractivity contribution in [2.45, 2.75) is 44.0 Å². The largest absolute Gasteiger partial charge is 0.310 e. The molecular weight excluding hydrogens is 464 g/mol. The van der Waals surface area contributed by atoms with E-state index in [1.807, 2.05) is 24.3 Å². The van der Waals surface area contributed by atoms with Crippen LogP contribution in [0.2, 0.25) is 0 Å². The summed E-state index contributed by atoms with van der Waals surface area (Å²) in [5.41, 5.74) is 3.25. The lowest BCUT2D eigenvalue weighted by Gasteiger charge is -2.22. The van der Waals surface area contributed by atoms with Crippen LogP contribution in [0.5, 0.6) is 0 Å². The zero-order chi connectivity index (χ0) is 24.7. The number of nitrogens with zero attached hydrogens (tertiary/aromatic N) is 4. The monoisotopic (exact) mass is 492 g/mol. The number of hydrogen-bond acceptors (Lipinski definition) is 5. The number of anilines is 1. The molecule has 0 bridgehead atoms. The van der Waals surface area contributed by atoms with E-state index in [0.717, 1.165) is 30.5 Å². The molecule has 5 rings (SSSR count). The Hall–Kier alpha value is -3.30. The highest BCUT2D eigenvalue weighted by atomic mass is 32.2. The third-order valence-corrected chi connectivity index (χ3v) is 8.91. The Balaban J connectivity index is 1.48. The van der Waals surface area contributed by atoms with Gasteiger partial charge in [-0.25, -0.2) is 13.1 Å². The van der Waals surface area contributed by atoms with Crippen LogP contribution >= 0.6 is 0 Å². The summed E-state index contributed by atoms with van der Waals surface area (Å²) in [4.78, 5) is 28.0. The summed E-state index contributed by atoms with van der Waals surface area (Å²) in [5, 5.41) is 4.49. The SMILES string of the molecule is Cc1ccc(-c2ccc(=O)n([C@H](C)C(=O)N3CCc4ccccc43)n2)cc1S(=O)(=O)N1CCCC1. The van der Waals surface area contributed by atoms with Gasteiger partial charge in [-0.05, 0) is 62.4 Å². The number of aryl methyl sites for hydroxylation is 1. The van der Waals surface area contributed by atoms with Crippen molar-refractivity contribution in [1.29, 1.82) is 0 Å². The number of benzene rings is 2. The number of carbonyl (C=O) groups is 1. The van der Waals surface area contributed by atoms with Gasteiger partial charge in [-0.15, -0.1) is 0 Å². The standard InChI is InChI=1S/C26H28N4O4S/c1-18-9-10-21(17-24(18)35(33,34)28-14-5-6-15-28)22-11-12-25(31)30(27-22)19(2)26(32)29-16-13-20-7-3-4-8-23(20)29/h3-4,7-12,17,19H,5-6,13-16H2,1-2H3/t19-/m1/s1. The Morgan fingerprint density at radius 3 is 2.51 bits per heavy atom. The van der Waals surface area contributed by atoms with Gasteiger partial charge in [0.15, 0.2) is 0 Å². The van der Waals surface area contributed by atoms with Crippen molar-refractivity contribution >= 4 is 21.6 Å². The van der Waals surface area contributed by atoms with E-state index in [1.54, 1.807) is 43.0 Å². The number of sulfonamides is 1. The molecule has 1 amide bonds. The number of para-hydroxylation sites is 1. The van der Waals surface area contributed by atoms with Gasteiger partial charge in [0.05, 0.1) is 10.6 Å². The first kappa shape index (κ1) is 23.4. The average molecular weight is 493 g/mol. The molecule has 2 aromatic carbocycles. The summed E-state index contributed by atoms with van der Waals surface area (Å²) in [6, 6.07) is 15.0. The van der Waals surface area contributed by atoms with E-state index in [0.29, 0.717) is 36.5 Å². The predicted octanol–water partition coefficient (Wildman–Crippen LogP) is 3.15. The van der Waals surface area contributed by atoms with E-state index < -0.39 is 16.1 Å². The van der Waals surface area contributed by atoms with Gasteiger partial charge >= 0.3 is 0 Å². The van der Waals surface area contributed by atoms with Gasteiger partial charge in [0.2, 0.25) is 10.0 Å². The van der Waals surface area contributed by atoms with Gasteiger partial charge in [-0.1, -0.05) is 30.3 Å². The lowest BCUT2D eigenvalue weighted by molar-refractivity contribution is -0.121. The maximum Gasteiger partial charge on any atom is 0.267 e. The van der Waals surface area contributed by atoms with E-state index in [4.69, 9.17) is 0 Å². The molecule has 1 aromatic heterocycles. The topological polar surface area (TPSA) is 92.6 Å². The first-order valence-corrected chi connectivity index (χ1v) is 13.3. The van der Waals surface area contributed by atoms with Crippen LogP contribution in [0.3, 0.4) is 0 Å². The van der Waals surface area contributed by atoms with Gasteiger partial charge in [0.25, 0.3) is 11.5 Å². The molecule has 2 aliphatic heterocycles. The van der Waals surface area contributed by atoms with E-state index in [2.05, 4.69) is 5.10 Å². The highest BCUT2D eigenvalue weighted by molar-refractivity contribution is 7.89. The minimum absolute atomic E-state index is 0.206. The summed E-state index contributed by atoms with van der Waals surface area (Å²) in [5.74, 6) is -0.206. The first-order chi connectivity index (χ1) is 16.8. The second kappa shape index (κ2) is 9.05. The quantitative estimate of drug-likeness (QED) is 0.546. The lowest BCUT2D eigenvalue weighted by Crippen LogP contribution is -2.39. The average Bonchev–Trinajstić information content (AvgIpc) is 3.55. The van der Waals surface area contributed by atoms with Crippen LogP contribution in [0.15, 0.2) is 64.3 Å². The van der Waals surface area contributed by atoms with Crippen molar-refractivity contribution in [3.05, 3.63) is 76.1 Å². The van der Waals surface area contributed by atoms with Crippen molar-refractivity contribution in [3.63, 3.8) is 0 Å². The molecule has 35 heavy (non-hydrogen) atoms.